The second-order valence-electron chi connectivity index (χ2n) is 4.41. The fourth-order valence-electron chi connectivity index (χ4n) is 1.76. The number of hydrogen-bond acceptors (Lipinski definition) is 5. The molecule has 0 amide bonds. The quantitative estimate of drug-likeness (QED) is 0.623. The molecule has 0 unspecified atom stereocenters. The van der Waals surface area contributed by atoms with E-state index < -0.39 is 0 Å². The Morgan fingerprint density at radius 2 is 2.24 bits per heavy atom. The Balaban J connectivity index is 1.91. The summed E-state index contributed by atoms with van der Waals surface area (Å²) in [4.78, 5) is 4.27. The monoisotopic (exact) mass is 231 g/mol. The maximum atomic E-state index is 9.80. The van der Waals surface area contributed by atoms with Crippen molar-refractivity contribution in [3.05, 3.63) is 24.0 Å². The SMILES string of the molecule is Nc1cccc(-c2nc(CC3CC3)no2)c1O. The maximum Gasteiger partial charge on any atom is 0.261 e. The van der Waals surface area contributed by atoms with Crippen LogP contribution in [0.3, 0.4) is 0 Å². The van der Waals surface area contributed by atoms with Crippen LogP contribution in [0.25, 0.3) is 11.5 Å². The van der Waals surface area contributed by atoms with Crippen molar-refractivity contribution < 1.29 is 9.63 Å². The molecular weight excluding hydrogens is 218 g/mol. The molecule has 0 spiro atoms. The molecule has 0 atom stereocenters. The number of aromatic hydroxyl groups is 1. The smallest absolute Gasteiger partial charge is 0.261 e. The molecule has 3 rings (SSSR count). The average Bonchev–Trinajstić information content (AvgIpc) is 3.00. The summed E-state index contributed by atoms with van der Waals surface area (Å²) in [6, 6.07) is 5.08. The zero-order valence-corrected chi connectivity index (χ0v) is 9.26. The third-order valence-corrected chi connectivity index (χ3v) is 2.93. The van der Waals surface area contributed by atoms with E-state index in [-0.39, 0.29) is 5.75 Å². The molecule has 0 saturated heterocycles. The first-order valence-electron chi connectivity index (χ1n) is 5.64. The zero-order valence-electron chi connectivity index (χ0n) is 9.26. The van der Waals surface area contributed by atoms with E-state index in [1.165, 1.54) is 12.8 Å². The topological polar surface area (TPSA) is 85.2 Å². The molecule has 0 bridgehead atoms. The number of nitrogens with two attached hydrogens (primary N) is 1. The molecule has 88 valence electrons. The Bertz CT molecular complexity index is 546. The molecular formula is C12H13N3O2. The molecule has 2 aromatic rings. The van der Waals surface area contributed by atoms with E-state index in [0.29, 0.717) is 28.9 Å². The van der Waals surface area contributed by atoms with Gasteiger partial charge in [0.1, 0.15) is 0 Å². The van der Waals surface area contributed by atoms with Crippen LogP contribution in [-0.2, 0) is 6.42 Å². The van der Waals surface area contributed by atoms with E-state index in [1.54, 1.807) is 18.2 Å². The van der Waals surface area contributed by atoms with Crippen LogP contribution in [0.5, 0.6) is 5.75 Å². The number of rotatable bonds is 3. The van der Waals surface area contributed by atoms with Crippen LogP contribution in [0, 0.1) is 5.92 Å². The minimum absolute atomic E-state index is 0.00544. The van der Waals surface area contributed by atoms with Gasteiger partial charge in [-0.15, -0.1) is 0 Å². The lowest BCUT2D eigenvalue weighted by molar-refractivity contribution is 0.416. The van der Waals surface area contributed by atoms with Crippen LogP contribution in [0.2, 0.25) is 0 Å². The van der Waals surface area contributed by atoms with Gasteiger partial charge in [0.05, 0.1) is 11.3 Å². The number of para-hydroxylation sites is 1. The summed E-state index contributed by atoms with van der Waals surface area (Å²) in [6.45, 7) is 0. The summed E-state index contributed by atoms with van der Waals surface area (Å²) in [5.74, 6) is 1.72. The number of benzene rings is 1. The molecule has 0 aliphatic heterocycles. The first-order chi connectivity index (χ1) is 8.24. The van der Waals surface area contributed by atoms with E-state index in [4.69, 9.17) is 10.3 Å². The Morgan fingerprint density at radius 1 is 1.41 bits per heavy atom. The largest absolute Gasteiger partial charge is 0.505 e. The zero-order chi connectivity index (χ0) is 11.8. The predicted molar refractivity (Wildman–Crippen MR) is 62.2 cm³/mol. The Kier molecular flexibility index (Phi) is 2.24. The number of nitrogen functional groups attached to an aromatic ring is 1. The van der Waals surface area contributed by atoms with Gasteiger partial charge in [0.2, 0.25) is 0 Å². The highest BCUT2D eigenvalue weighted by molar-refractivity contribution is 5.71. The average molecular weight is 231 g/mol. The normalized spacial score (nSPS) is 15.1. The third-order valence-electron chi connectivity index (χ3n) is 2.93. The Hall–Kier alpha value is -2.04. The molecule has 1 saturated carbocycles. The van der Waals surface area contributed by atoms with E-state index >= 15 is 0 Å². The summed E-state index contributed by atoms with van der Waals surface area (Å²) >= 11 is 0. The van der Waals surface area contributed by atoms with Crippen LogP contribution in [-0.4, -0.2) is 15.2 Å². The highest BCUT2D eigenvalue weighted by Gasteiger charge is 2.24. The van der Waals surface area contributed by atoms with Crippen LogP contribution in [0.4, 0.5) is 5.69 Å². The van der Waals surface area contributed by atoms with Gasteiger partial charge in [-0.05, 0) is 30.9 Å². The maximum absolute atomic E-state index is 9.80. The highest BCUT2D eigenvalue weighted by Crippen LogP contribution is 2.34. The molecule has 1 heterocycles. The van der Waals surface area contributed by atoms with Gasteiger partial charge in [0, 0.05) is 6.42 Å². The van der Waals surface area contributed by atoms with Gasteiger partial charge in [-0.2, -0.15) is 4.98 Å². The van der Waals surface area contributed by atoms with E-state index in [0.717, 1.165) is 6.42 Å². The molecule has 1 aliphatic rings. The van der Waals surface area contributed by atoms with Crippen molar-refractivity contribution in [1.82, 2.24) is 10.1 Å². The molecule has 1 aliphatic carbocycles. The second-order valence-corrected chi connectivity index (χ2v) is 4.41. The lowest BCUT2D eigenvalue weighted by Crippen LogP contribution is -1.90. The molecule has 3 N–H and O–H groups in total. The van der Waals surface area contributed by atoms with Crippen molar-refractivity contribution in [3.63, 3.8) is 0 Å². The minimum atomic E-state index is -0.00544. The first kappa shape index (κ1) is 10.1. The van der Waals surface area contributed by atoms with Crippen molar-refractivity contribution >= 4 is 5.69 Å². The number of nitrogens with zero attached hydrogens (tertiary/aromatic N) is 2. The standard InChI is InChI=1S/C12H13N3O2/c13-9-3-1-2-8(11(9)16)12-14-10(15-17-12)6-7-4-5-7/h1-3,7,16H,4-6,13H2. The fraction of sp³-hybridized carbons (Fsp3) is 0.333. The van der Waals surface area contributed by atoms with Gasteiger partial charge in [0.15, 0.2) is 11.6 Å². The second kappa shape index (κ2) is 3.76. The molecule has 1 aromatic carbocycles. The number of phenolic OH excluding ortho intramolecular Hbond substituents is 1. The lowest BCUT2D eigenvalue weighted by Gasteiger charge is -2.01. The molecule has 5 nitrogen and oxygen atoms in total. The number of phenols is 1. The van der Waals surface area contributed by atoms with Crippen molar-refractivity contribution in [2.45, 2.75) is 19.3 Å². The molecule has 5 heteroatoms. The number of anilines is 1. The van der Waals surface area contributed by atoms with Gasteiger partial charge in [-0.25, -0.2) is 0 Å². The van der Waals surface area contributed by atoms with Crippen molar-refractivity contribution in [2.75, 3.05) is 5.73 Å². The Labute approximate surface area is 98.3 Å². The van der Waals surface area contributed by atoms with E-state index in [9.17, 15) is 5.11 Å². The van der Waals surface area contributed by atoms with Crippen LogP contribution < -0.4 is 5.73 Å². The fourth-order valence-corrected chi connectivity index (χ4v) is 1.76. The predicted octanol–water partition coefficient (Wildman–Crippen LogP) is 1.98. The van der Waals surface area contributed by atoms with Crippen molar-refractivity contribution in [2.24, 2.45) is 5.92 Å². The third kappa shape index (κ3) is 1.95. The Morgan fingerprint density at radius 3 is 3.00 bits per heavy atom. The van der Waals surface area contributed by atoms with Crippen LogP contribution >= 0.6 is 0 Å². The van der Waals surface area contributed by atoms with Gasteiger partial charge in [-0.1, -0.05) is 11.2 Å². The number of hydrogen-bond donors (Lipinski definition) is 2. The van der Waals surface area contributed by atoms with Gasteiger partial charge in [-0.3, -0.25) is 0 Å². The summed E-state index contributed by atoms with van der Waals surface area (Å²) < 4.78 is 5.14. The number of aromatic nitrogens is 2. The van der Waals surface area contributed by atoms with E-state index in [2.05, 4.69) is 10.1 Å². The van der Waals surface area contributed by atoms with Gasteiger partial charge < -0.3 is 15.4 Å². The summed E-state index contributed by atoms with van der Waals surface area (Å²) in [6.07, 6.45) is 3.34. The molecule has 17 heavy (non-hydrogen) atoms. The summed E-state index contributed by atoms with van der Waals surface area (Å²) in [5.41, 5.74) is 6.41. The first-order valence-corrected chi connectivity index (χ1v) is 5.64. The van der Waals surface area contributed by atoms with Crippen molar-refractivity contribution in [3.8, 4) is 17.2 Å². The summed E-state index contributed by atoms with van der Waals surface area (Å²) in [5, 5.41) is 13.7. The van der Waals surface area contributed by atoms with Crippen molar-refractivity contribution in [1.29, 1.82) is 0 Å². The highest BCUT2D eigenvalue weighted by atomic mass is 16.5. The summed E-state index contributed by atoms with van der Waals surface area (Å²) in [7, 11) is 0. The van der Waals surface area contributed by atoms with Gasteiger partial charge >= 0.3 is 0 Å². The van der Waals surface area contributed by atoms with E-state index in [1.807, 2.05) is 0 Å². The van der Waals surface area contributed by atoms with Gasteiger partial charge in [0.25, 0.3) is 5.89 Å². The minimum Gasteiger partial charge on any atom is -0.505 e. The molecule has 1 aromatic heterocycles. The molecule has 1 fully saturated rings. The van der Waals surface area contributed by atoms with Crippen LogP contribution in [0.15, 0.2) is 22.7 Å². The molecule has 0 radical (unpaired) electrons. The lowest BCUT2D eigenvalue weighted by atomic mass is 10.1. The van der Waals surface area contributed by atoms with Crippen LogP contribution in [0.1, 0.15) is 18.7 Å².